The summed E-state index contributed by atoms with van der Waals surface area (Å²) in [6, 6.07) is 7.58. The zero-order chi connectivity index (χ0) is 14.4. The number of hydrogen-bond acceptors (Lipinski definition) is 4. The van der Waals surface area contributed by atoms with Crippen LogP contribution < -0.4 is 11.1 Å². The molecule has 0 bridgehead atoms. The van der Waals surface area contributed by atoms with E-state index in [2.05, 4.69) is 10.4 Å². The van der Waals surface area contributed by atoms with Gasteiger partial charge in [0, 0.05) is 24.0 Å². The Hall–Kier alpha value is -2.34. The zero-order valence-electron chi connectivity index (χ0n) is 11.1. The van der Waals surface area contributed by atoms with Crippen LogP contribution in [0.5, 0.6) is 0 Å². The number of carbonyl (C=O) groups is 1. The summed E-state index contributed by atoms with van der Waals surface area (Å²) in [5, 5.41) is 16.2. The number of rotatable bonds is 7. The van der Waals surface area contributed by atoms with E-state index in [0.717, 1.165) is 16.8 Å². The van der Waals surface area contributed by atoms with Crippen LogP contribution in [0, 0.1) is 0 Å². The Morgan fingerprint density at radius 2 is 2.05 bits per heavy atom. The molecule has 1 heterocycles. The second kappa shape index (κ2) is 6.72. The van der Waals surface area contributed by atoms with Crippen molar-refractivity contribution in [1.82, 2.24) is 9.78 Å². The molecule has 1 amide bonds. The van der Waals surface area contributed by atoms with Crippen LogP contribution in [-0.2, 0) is 24.3 Å². The molecule has 20 heavy (non-hydrogen) atoms. The lowest BCUT2D eigenvalue weighted by Gasteiger charge is -2.05. The number of nitrogens with two attached hydrogens (primary N) is 1. The molecule has 0 aliphatic heterocycles. The molecule has 0 saturated carbocycles. The van der Waals surface area contributed by atoms with Crippen molar-refractivity contribution in [2.45, 2.75) is 19.5 Å². The quantitative estimate of drug-likeness (QED) is 0.686. The summed E-state index contributed by atoms with van der Waals surface area (Å²) in [5.74, 6) is -0.331. The van der Waals surface area contributed by atoms with Crippen molar-refractivity contribution in [2.24, 2.45) is 5.73 Å². The van der Waals surface area contributed by atoms with E-state index < -0.39 is 0 Å². The number of primary amides is 1. The SMILES string of the molecule is NC(=O)Cc1ccc(NCc2cnn(CCO)c2)cc1. The average molecular weight is 274 g/mol. The minimum absolute atomic E-state index is 0.0792. The van der Waals surface area contributed by atoms with E-state index in [0.29, 0.717) is 13.1 Å². The molecule has 1 aromatic heterocycles. The van der Waals surface area contributed by atoms with Gasteiger partial charge in [-0.25, -0.2) is 0 Å². The van der Waals surface area contributed by atoms with Crippen LogP contribution in [0.3, 0.4) is 0 Å². The van der Waals surface area contributed by atoms with Crippen LogP contribution in [0.15, 0.2) is 36.7 Å². The molecule has 0 spiro atoms. The maximum Gasteiger partial charge on any atom is 0.221 e. The van der Waals surface area contributed by atoms with E-state index in [-0.39, 0.29) is 18.9 Å². The third-order valence-electron chi connectivity index (χ3n) is 2.84. The molecular weight excluding hydrogens is 256 g/mol. The maximum atomic E-state index is 10.8. The lowest BCUT2D eigenvalue weighted by atomic mass is 10.1. The number of anilines is 1. The predicted molar refractivity (Wildman–Crippen MR) is 76.0 cm³/mol. The predicted octanol–water partition coefficient (Wildman–Crippen LogP) is 0.515. The van der Waals surface area contributed by atoms with Gasteiger partial charge in [0.2, 0.25) is 5.91 Å². The molecule has 0 aliphatic rings. The Kier molecular flexibility index (Phi) is 4.73. The number of aliphatic hydroxyl groups excluding tert-OH is 1. The second-order valence-electron chi connectivity index (χ2n) is 4.53. The summed E-state index contributed by atoms with van der Waals surface area (Å²) in [5.41, 5.74) is 8.05. The van der Waals surface area contributed by atoms with Gasteiger partial charge in [0.1, 0.15) is 0 Å². The summed E-state index contributed by atoms with van der Waals surface area (Å²) in [6.45, 7) is 1.23. The molecular formula is C14H18N4O2. The van der Waals surface area contributed by atoms with Crippen LogP contribution in [-0.4, -0.2) is 27.4 Å². The van der Waals surface area contributed by atoms with Gasteiger partial charge in [-0.05, 0) is 17.7 Å². The molecule has 0 aliphatic carbocycles. The van der Waals surface area contributed by atoms with Gasteiger partial charge in [0.15, 0.2) is 0 Å². The summed E-state index contributed by atoms with van der Waals surface area (Å²) < 4.78 is 1.70. The van der Waals surface area contributed by atoms with E-state index in [1.54, 1.807) is 10.9 Å². The van der Waals surface area contributed by atoms with Crippen molar-refractivity contribution in [3.05, 3.63) is 47.8 Å². The number of amides is 1. The number of nitrogens with one attached hydrogen (secondary N) is 1. The molecule has 0 atom stereocenters. The van der Waals surface area contributed by atoms with Crippen molar-refractivity contribution < 1.29 is 9.90 Å². The first-order valence-corrected chi connectivity index (χ1v) is 6.40. The normalized spacial score (nSPS) is 10.4. The van der Waals surface area contributed by atoms with Gasteiger partial charge in [-0.1, -0.05) is 12.1 Å². The van der Waals surface area contributed by atoms with Gasteiger partial charge in [0.25, 0.3) is 0 Å². The fourth-order valence-corrected chi connectivity index (χ4v) is 1.87. The molecule has 2 aromatic rings. The standard InChI is InChI=1S/C14H18N4O2/c15-14(20)7-11-1-3-13(4-2-11)16-8-12-9-17-18(10-12)5-6-19/h1-4,9-10,16,19H,5-8H2,(H2,15,20). The molecule has 2 rings (SSSR count). The Morgan fingerprint density at radius 3 is 2.70 bits per heavy atom. The monoisotopic (exact) mass is 274 g/mol. The highest BCUT2D eigenvalue weighted by Crippen LogP contribution is 2.11. The van der Waals surface area contributed by atoms with Gasteiger partial charge in [-0.3, -0.25) is 9.48 Å². The number of hydrogen-bond donors (Lipinski definition) is 3. The van der Waals surface area contributed by atoms with Gasteiger partial charge in [0.05, 0.1) is 25.8 Å². The summed E-state index contributed by atoms with van der Waals surface area (Å²) >= 11 is 0. The fraction of sp³-hybridized carbons (Fsp3) is 0.286. The topological polar surface area (TPSA) is 93.2 Å². The number of aliphatic hydroxyl groups is 1. The van der Waals surface area contributed by atoms with Crippen LogP contribution >= 0.6 is 0 Å². The van der Waals surface area contributed by atoms with Gasteiger partial charge in [-0.15, -0.1) is 0 Å². The molecule has 4 N–H and O–H groups in total. The van der Waals surface area contributed by atoms with Crippen molar-refractivity contribution >= 4 is 11.6 Å². The van der Waals surface area contributed by atoms with Crippen LogP contribution in [0.2, 0.25) is 0 Å². The molecule has 0 radical (unpaired) electrons. The van der Waals surface area contributed by atoms with Crippen molar-refractivity contribution in [3.8, 4) is 0 Å². The maximum absolute atomic E-state index is 10.8. The highest BCUT2D eigenvalue weighted by molar-refractivity contribution is 5.76. The second-order valence-corrected chi connectivity index (χ2v) is 4.53. The van der Waals surface area contributed by atoms with Gasteiger partial charge < -0.3 is 16.2 Å². The third kappa shape index (κ3) is 4.10. The Labute approximate surface area is 117 Å². The van der Waals surface area contributed by atoms with E-state index in [4.69, 9.17) is 10.8 Å². The summed E-state index contributed by atoms with van der Waals surface area (Å²) in [6.07, 6.45) is 3.92. The number of aromatic nitrogens is 2. The Balaban J connectivity index is 1.88. The largest absolute Gasteiger partial charge is 0.394 e. The number of carbonyl (C=O) groups excluding carboxylic acids is 1. The number of nitrogens with zero attached hydrogens (tertiary/aromatic N) is 2. The van der Waals surface area contributed by atoms with Crippen molar-refractivity contribution in [1.29, 1.82) is 0 Å². The van der Waals surface area contributed by atoms with E-state index in [9.17, 15) is 4.79 Å². The first kappa shape index (κ1) is 14.1. The first-order valence-electron chi connectivity index (χ1n) is 6.40. The lowest BCUT2D eigenvalue weighted by molar-refractivity contribution is -0.117. The molecule has 6 nitrogen and oxygen atoms in total. The van der Waals surface area contributed by atoms with Crippen LogP contribution in [0.1, 0.15) is 11.1 Å². The molecule has 6 heteroatoms. The summed E-state index contributed by atoms with van der Waals surface area (Å²) in [4.78, 5) is 10.8. The minimum Gasteiger partial charge on any atom is -0.394 e. The first-order chi connectivity index (χ1) is 9.67. The smallest absolute Gasteiger partial charge is 0.221 e. The van der Waals surface area contributed by atoms with Crippen LogP contribution in [0.25, 0.3) is 0 Å². The highest BCUT2D eigenvalue weighted by atomic mass is 16.3. The highest BCUT2D eigenvalue weighted by Gasteiger charge is 2.00. The van der Waals surface area contributed by atoms with Gasteiger partial charge >= 0.3 is 0 Å². The van der Waals surface area contributed by atoms with E-state index in [1.807, 2.05) is 30.5 Å². The minimum atomic E-state index is -0.331. The van der Waals surface area contributed by atoms with Crippen LogP contribution in [0.4, 0.5) is 5.69 Å². The molecule has 0 fully saturated rings. The molecule has 0 unspecified atom stereocenters. The van der Waals surface area contributed by atoms with Gasteiger partial charge in [-0.2, -0.15) is 5.10 Å². The molecule has 106 valence electrons. The van der Waals surface area contributed by atoms with Crippen molar-refractivity contribution in [3.63, 3.8) is 0 Å². The van der Waals surface area contributed by atoms with E-state index in [1.165, 1.54) is 0 Å². The third-order valence-corrected chi connectivity index (χ3v) is 2.84. The Bertz CT molecular complexity index is 563. The molecule has 1 aromatic carbocycles. The Morgan fingerprint density at radius 1 is 1.30 bits per heavy atom. The lowest BCUT2D eigenvalue weighted by Crippen LogP contribution is -2.13. The fourth-order valence-electron chi connectivity index (χ4n) is 1.87. The van der Waals surface area contributed by atoms with Crippen molar-refractivity contribution in [2.75, 3.05) is 11.9 Å². The van der Waals surface area contributed by atoms with E-state index >= 15 is 0 Å². The average Bonchev–Trinajstić information content (AvgIpc) is 2.86. The number of benzene rings is 1. The summed E-state index contributed by atoms with van der Waals surface area (Å²) in [7, 11) is 0. The molecule has 0 saturated heterocycles. The zero-order valence-corrected chi connectivity index (χ0v) is 11.1.